The van der Waals surface area contributed by atoms with Crippen molar-refractivity contribution in [2.75, 3.05) is 37.7 Å². The lowest BCUT2D eigenvalue weighted by Crippen LogP contribution is -2.64. The molecule has 1 amide bonds. The lowest BCUT2D eigenvalue weighted by molar-refractivity contribution is -0.367. The van der Waals surface area contributed by atoms with Crippen molar-refractivity contribution < 1.29 is 49.3 Å². The van der Waals surface area contributed by atoms with E-state index in [9.17, 15) is 35.1 Å². The second-order valence-electron chi connectivity index (χ2n) is 16.5. The van der Waals surface area contributed by atoms with Gasteiger partial charge in [0.1, 0.15) is 53.7 Å². The normalized spacial score (nSPS) is 29.1. The minimum atomic E-state index is -2.41. The van der Waals surface area contributed by atoms with Gasteiger partial charge in [-0.15, -0.1) is 0 Å². The highest BCUT2D eigenvalue weighted by Gasteiger charge is 2.53. The fourth-order valence-electron chi connectivity index (χ4n) is 9.72. The number of allylic oxidation sites excluding steroid dienone is 3. The van der Waals surface area contributed by atoms with Gasteiger partial charge in [-0.25, -0.2) is 9.78 Å². The zero-order valence-corrected chi connectivity index (χ0v) is 32.9. The monoisotopic (exact) mass is 811 g/mol. The molecule has 1 aromatic heterocycles. The van der Waals surface area contributed by atoms with Gasteiger partial charge in [-0.2, -0.15) is 0 Å². The quantitative estimate of drug-likeness (QED) is 0.0964. The average molecular weight is 812 g/mol. The Balaban J connectivity index is 1.07. The number of aryl methyl sites for hydroxylation is 1. The Morgan fingerprint density at radius 3 is 2.75 bits per heavy atom. The molecule has 6 N–H and O–H groups in total. The number of hydrogen-bond donors (Lipinski definition) is 6. The van der Waals surface area contributed by atoms with E-state index in [1.165, 1.54) is 6.07 Å². The maximum absolute atomic E-state index is 13.7. The maximum atomic E-state index is 13.7. The SMILES string of the molecule is CCC1=C2C=CN=C2CN1c1c2c(cc3c(=O)cc(C)oc13)C[C@@H](OOC[C@H](O)[C@](O)(CN1C=CC3=NC=CC31)[C@H](O)[C@H](O)CO)[C@@]1(CC=C[C@@H]([C@H]3CNC(=O)C3)C1)O2. The Morgan fingerprint density at radius 1 is 1.12 bits per heavy atom. The lowest BCUT2D eigenvalue weighted by Gasteiger charge is -2.48. The molecule has 0 saturated carbocycles. The fourth-order valence-corrected chi connectivity index (χ4v) is 9.72. The zero-order valence-electron chi connectivity index (χ0n) is 32.9. The molecule has 312 valence electrons. The van der Waals surface area contributed by atoms with Gasteiger partial charge < -0.3 is 49.8 Å². The molecule has 9 atom stereocenters. The van der Waals surface area contributed by atoms with Gasteiger partial charge in [0.2, 0.25) is 5.91 Å². The van der Waals surface area contributed by atoms with E-state index in [1.807, 2.05) is 12.2 Å². The first-order chi connectivity index (χ1) is 28.4. The first-order valence-electron chi connectivity index (χ1n) is 20.2. The molecular weight excluding hydrogens is 762 g/mol. The number of rotatable bonds is 13. The number of aliphatic imine (C=N–C) groups is 2. The number of ether oxygens (including phenoxy) is 1. The van der Waals surface area contributed by atoms with Crippen molar-refractivity contribution in [2.24, 2.45) is 21.8 Å². The lowest BCUT2D eigenvalue weighted by atomic mass is 9.71. The number of β-amino-alcohol motifs (C(OH)–C–C–N with tert-alkyl or cyclic N) is 1. The Hall–Kier alpha value is -4.94. The number of aliphatic hydroxyl groups is 5. The van der Waals surface area contributed by atoms with E-state index in [2.05, 4.69) is 33.2 Å². The summed E-state index contributed by atoms with van der Waals surface area (Å²) in [5.41, 5.74) is 1.65. The number of hydrogen-bond acceptors (Lipinski definition) is 15. The molecule has 7 heterocycles. The third-order valence-electron chi connectivity index (χ3n) is 12.9. The molecule has 1 unspecified atom stereocenters. The predicted octanol–water partition coefficient (Wildman–Crippen LogP) is 1.62. The zero-order chi connectivity index (χ0) is 41.2. The highest BCUT2D eigenvalue weighted by atomic mass is 17.2. The molecule has 1 aliphatic carbocycles. The van der Waals surface area contributed by atoms with Crippen molar-refractivity contribution in [3.63, 3.8) is 0 Å². The van der Waals surface area contributed by atoms with E-state index in [1.54, 1.807) is 48.6 Å². The molecule has 2 aromatic rings. The van der Waals surface area contributed by atoms with Gasteiger partial charge in [0.15, 0.2) is 16.8 Å². The number of anilines is 1. The van der Waals surface area contributed by atoms with Crippen LogP contribution in [-0.4, -0.2) is 122 Å². The Kier molecular flexibility index (Phi) is 10.2. The Morgan fingerprint density at radius 2 is 1.97 bits per heavy atom. The number of aliphatic hydroxyl groups excluding tert-OH is 4. The van der Waals surface area contributed by atoms with E-state index in [4.69, 9.17) is 18.9 Å². The van der Waals surface area contributed by atoms with Crippen molar-refractivity contribution in [3.8, 4) is 5.75 Å². The van der Waals surface area contributed by atoms with Crippen molar-refractivity contribution in [2.45, 2.75) is 87.6 Å². The van der Waals surface area contributed by atoms with Gasteiger partial charge in [0.05, 0.1) is 42.5 Å². The van der Waals surface area contributed by atoms with Gasteiger partial charge in [-0.3, -0.25) is 19.6 Å². The van der Waals surface area contributed by atoms with Crippen LogP contribution in [0, 0.1) is 18.8 Å². The van der Waals surface area contributed by atoms with Crippen LogP contribution in [0.2, 0.25) is 0 Å². The average Bonchev–Trinajstić information content (AvgIpc) is 4.07. The molecule has 7 aliphatic rings. The second kappa shape index (κ2) is 15.3. The summed E-state index contributed by atoms with van der Waals surface area (Å²) in [4.78, 5) is 50.8. The third kappa shape index (κ3) is 6.76. The highest BCUT2D eigenvalue weighted by Crippen LogP contribution is 2.52. The molecule has 0 bridgehead atoms. The molecule has 1 saturated heterocycles. The number of carbonyl (C=O) groups is 1. The van der Waals surface area contributed by atoms with Crippen LogP contribution in [0.25, 0.3) is 11.0 Å². The first-order valence-corrected chi connectivity index (χ1v) is 20.2. The van der Waals surface area contributed by atoms with Gasteiger partial charge in [-0.1, -0.05) is 19.1 Å². The summed E-state index contributed by atoms with van der Waals surface area (Å²) < 4.78 is 13.7. The third-order valence-corrected chi connectivity index (χ3v) is 12.9. The van der Waals surface area contributed by atoms with Gasteiger partial charge in [-0.05, 0) is 55.9 Å². The van der Waals surface area contributed by atoms with Crippen LogP contribution in [0.5, 0.6) is 5.75 Å². The number of amides is 1. The van der Waals surface area contributed by atoms with Gasteiger partial charge in [0, 0.05) is 67.3 Å². The number of carbonyl (C=O) groups excluding carboxylic acids is 1. The van der Waals surface area contributed by atoms with E-state index >= 15 is 0 Å². The Bertz CT molecular complexity index is 2330. The van der Waals surface area contributed by atoms with Crippen LogP contribution in [0.4, 0.5) is 5.69 Å². The van der Waals surface area contributed by atoms with Crippen LogP contribution in [0.15, 0.2) is 91.6 Å². The van der Waals surface area contributed by atoms with Crippen molar-refractivity contribution >= 4 is 34.0 Å². The van der Waals surface area contributed by atoms with Crippen LogP contribution >= 0.6 is 0 Å². The van der Waals surface area contributed by atoms with Crippen molar-refractivity contribution in [3.05, 3.63) is 93.9 Å². The molecule has 0 radical (unpaired) electrons. The van der Waals surface area contributed by atoms with Crippen LogP contribution < -0.4 is 20.4 Å². The van der Waals surface area contributed by atoms with Gasteiger partial charge in [0.25, 0.3) is 0 Å². The van der Waals surface area contributed by atoms with E-state index in [0.717, 1.165) is 17.0 Å². The first kappa shape index (κ1) is 39.5. The molecule has 16 heteroatoms. The standard InChI is InChI=1S/C43H49N5O11/c1-3-31-27-6-10-45-30(27)19-48(31)38-39-25(14-28-33(50)13-23(2)57-40(28)38)15-36(42(58-39)9-4-5-24(17-42)26-16-37(53)46-18-26)59-56-21-35(52)43(55,41(54)34(51)20-49)22-47-12-8-29-32(47)7-11-44-29/h4-8,10-14,24,26,32,34-36,41,49,51-52,54-55H,3,9,15-22H2,1-2H3,(H,46,53)/t24-,26-,32?,34-,35+,36-,41-,42+,43-/m1/s1. The summed E-state index contributed by atoms with van der Waals surface area (Å²) in [5.74, 6) is 0.909. The summed E-state index contributed by atoms with van der Waals surface area (Å²) in [5, 5.41) is 58.1. The van der Waals surface area contributed by atoms with Crippen LogP contribution in [0.1, 0.15) is 43.9 Å². The number of fused-ring (bicyclic) bond motifs is 4. The van der Waals surface area contributed by atoms with E-state index < -0.39 is 48.8 Å². The van der Waals surface area contributed by atoms with Crippen LogP contribution in [-0.2, 0) is 21.0 Å². The summed E-state index contributed by atoms with van der Waals surface area (Å²) >= 11 is 0. The number of nitrogens with zero attached hydrogens (tertiary/aromatic N) is 4. The summed E-state index contributed by atoms with van der Waals surface area (Å²) in [7, 11) is 0. The highest BCUT2D eigenvalue weighted by molar-refractivity contribution is 6.13. The minimum Gasteiger partial charge on any atom is -0.481 e. The van der Waals surface area contributed by atoms with Crippen molar-refractivity contribution in [1.29, 1.82) is 0 Å². The van der Waals surface area contributed by atoms with Crippen LogP contribution in [0.3, 0.4) is 0 Å². The van der Waals surface area contributed by atoms with Gasteiger partial charge >= 0.3 is 0 Å². The topological polar surface area (TPSA) is 219 Å². The minimum absolute atomic E-state index is 0.00889. The number of nitrogens with one attached hydrogen (secondary N) is 1. The molecule has 59 heavy (non-hydrogen) atoms. The molecule has 16 nitrogen and oxygen atoms in total. The molecule has 9 rings (SSSR count). The maximum Gasteiger partial charge on any atom is 0.220 e. The summed E-state index contributed by atoms with van der Waals surface area (Å²) in [6.45, 7) is 2.91. The second-order valence-corrected chi connectivity index (χ2v) is 16.5. The molecular formula is C43H49N5O11. The summed E-state index contributed by atoms with van der Waals surface area (Å²) in [6.07, 6.45) is 10.4. The molecule has 1 aromatic carbocycles. The van der Waals surface area contributed by atoms with E-state index in [0.29, 0.717) is 78.2 Å². The van der Waals surface area contributed by atoms with E-state index in [-0.39, 0.29) is 42.2 Å². The number of benzene rings is 1. The largest absolute Gasteiger partial charge is 0.481 e. The smallest absolute Gasteiger partial charge is 0.220 e. The fraction of sp³-hybridized carbons (Fsp3) is 0.488. The summed E-state index contributed by atoms with van der Waals surface area (Å²) in [6, 6.07) is 2.88. The Labute approximate surface area is 339 Å². The molecule has 1 fully saturated rings. The molecule has 1 spiro atoms. The van der Waals surface area contributed by atoms with Crippen molar-refractivity contribution in [1.82, 2.24) is 10.2 Å². The molecule has 6 aliphatic heterocycles. The predicted molar refractivity (Wildman–Crippen MR) is 216 cm³/mol.